The van der Waals surface area contributed by atoms with Gasteiger partial charge in [0.25, 0.3) is 0 Å². The van der Waals surface area contributed by atoms with Crippen molar-refractivity contribution < 1.29 is 19.5 Å². The fourth-order valence-corrected chi connectivity index (χ4v) is 2.98. The minimum Gasteiger partial charge on any atom is -0.480 e. The number of carboxylic acid groups (broad SMARTS) is 1. The van der Waals surface area contributed by atoms with Crippen LogP contribution in [0.4, 0.5) is 0 Å². The molecule has 0 aliphatic heterocycles. The maximum absolute atomic E-state index is 11.8. The smallest absolute Gasteiger partial charge is 0.326 e. The molecule has 0 bridgehead atoms. The quantitative estimate of drug-likeness (QED) is 0.537. The number of halogens is 1. The molecule has 3 N–H and O–H groups in total. The molecule has 1 atom stereocenters. The van der Waals surface area contributed by atoms with Gasteiger partial charge in [-0.15, -0.1) is 11.8 Å². The number of carboxylic acids is 1. The van der Waals surface area contributed by atoms with Gasteiger partial charge in [-0.05, 0) is 36.6 Å². The average molecular weight is 387 g/mol. The summed E-state index contributed by atoms with van der Waals surface area (Å²) in [4.78, 5) is 35.6. The van der Waals surface area contributed by atoms with Gasteiger partial charge in [0.2, 0.25) is 11.8 Å². The first-order valence-corrected chi connectivity index (χ1v) is 9.31. The topological polar surface area (TPSA) is 95.5 Å². The van der Waals surface area contributed by atoms with Crippen molar-refractivity contribution in [2.75, 3.05) is 12.3 Å². The third-order valence-electron chi connectivity index (χ3n) is 3.20. The Balaban J connectivity index is 2.26. The van der Waals surface area contributed by atoms with E-state index in [-0.39, 0.29) is 24.8 Å². The molecule has 8 heteroatoms. The Morgan fingerprint density at radius 3 is 2.36 bits per heavy atom. The summed E-state index contributed by atoms with van der Waals surface area (Å²) in [5.41, 5.74) is 0. The molecule has 0 aliphatic carbocycles. The second-order valence-electron chi connectivity index (χ2n) is 5.92. The molecule has 0 aromatic heterocycles. The summed E-state index contributed by atoms with van der Waals surface area (Å²) in [5, 5.41) is 14.7. The van der Waals surface area contributed by atoms with E-state index in [9.17, 15) is 14.4 Å². The number of hydrogen-bond donors (Lipinski definition) is 3. The largest absolute Gasteiger partial charge is 0.480 e. The van der Waals surface area contributed by atoms with E-state index in [1.807, 2.05) is 26.0 Å². The van der Waals surface area contributed by atoms with Crippen LogP contribution < -0.4 is 10.6 Å². The number of rotatable bonds is 10. The van der Waals surface area contributed by atoms with Crippen LogP contribution in [-0.4, -0.2) is 41.2 Å². The Kier molecular flexibility index (Phi) is 9.37. The van der Waals surface area contributed by atoms with Crippen LogP contribution >= 0.6 is 23.4 Å². The summed E-state index contributed by atoms with van der Waals surface area (Å²) in [5.74, 6) is -1.13. The van der Waals surface area contributed by atoms with Crippen molar-refractivity contribution >= 4 is 41.1 Å². The van der Waals surface area contributed by atoms with Gasteiger partial charge >= 0.3 is 5.97 Å². The van der Waals surface area contributed by atoms with Crippen molar-refractivity contribution in [2.45, 2.75) is 37.6 Å². The zero-order chi connectivity index (χ0) is 18.8. The molecule has 0 unspecified atom stereocenters. The molecular weight excluding hydrogens is 364 g/mol. The van der Waals surface area contributed by atoms with E-state index >= 15 is 0 Å². The Labute approximate surface area is 156 Å². The molecule has 0 saturated carbocycles. The van der Waals surface area contributed by atoms with E-state index in [0.717, 1.165) is 4.90 Å². The maximum atomic E-state index is 11.8. The zero-order valence-electron chi connectivity index (χ0n) is 14.3. The number of aliphatic carboxylic acids is 1. The Morgan fingerprint density at radius 1 is 1.16 bits per heavy atom. The molecule has 0 saturated heterocycles. The van der Waals surface area contributed by atoms with Crippen molar-refractivity contribution in [2.24, 2.45) is 5.92 Å². The van der Waals surface area contributed by atoms with Crippen molar-refractivity contribution in [3.63, 3.8) is 0 Å². The normalized spacial score (nSPS) is 11.8. The van der Waals surface area contributed by atoms with Crippen molar-refractivity contribution in [3.8, 4) is 0 Å². The van der Waals surface area contributed by atoms with E-state index in [4.69, 9.17) is 16.7 Å². The molecule has 25 heavy (non-hydrogen) atoms. The van der Waals surface area contributed by atoms with Crippen LogP contribution in [0.1, 0.15) is 26.7 Å². The molecule has 0 radical (unpaired) electrons. The van der Waals surface area contributed by atoms with Crippen molar-refractivity contribution in [1.82, 2.24) is 10.6 Å². The third kappa shape index (κ3) is 9.36. The minimum atomic E-state index is -1.08. The lowest BCUT2D eigenvalue weighted by Crippen LogP contribution is -2.46. The average Bonchev–Trinajstić information content (AvgIpc) is 2.53. The molecule has 0 heterocycles. The first-order valence-electron chi connectivity index (χ1n) is 7.95. The van der Waals surface area contributed by atoms with Gasteiger partial charge in [-0.3, -0.25) is 9.59 Å². The summed E-state index contributed by atoms with van der Waals surface area (Å²) < 4.78 is 0. The summed E-state index contributed by atoms with van der Waals surface area (Å²) in [6, 6.07) is 6.37. The molecule has 2 amide bonds. The standard InChI is InChI=1S/C17H23ClN2O4S/c1-11(2)9-14(17(23)24)20-16(22)10-19-15(21)7-8-25-13-5-3-12(18)4-6-13/h3-6,11,14H,7-10H2,1-2H3,(H,19,21)(H,20,22)(H,23,24)/t14-/m0/s1. The van der Waals surface area contributed by atoms with Gasteiger partial charge in [-0.25, -0.2) is 4.79 Å². The molecule has 0 spiro atoms. The summed E-state index contributed by atoms with van der Waals surface area (Å²) >= 11 is 7.32. The molecule has 0 aliphatic rings. The predicted octanol–water partition coefficient (Wildman–Crippen LogP) is 2.55. The molecule has 1 rings (SSSR count). The number of carbonyl (C=O) groups excluding carboxylic acids is 2. The fourth-order valence-electron chi connectivity index (χ4n) is 2.00. The molecule has 1 aromatic carbocycles. The molecule has 1 aromatic rings. The summed E-state index contributed by atoms with van der Waals surface area (Å²) in [7, 11) is 0. The first-order chi connectivity index (χ1) is 11.8. The highest BCUT2D eigenvalue weighted by molar-refractivity contribution is 7.99. The van der Waals surface area contributed by atoms with E-state index < -0.39 is 17.9 Å². The third-order valence-corrected chi connectivity index (χ3v) is 4.46. The number of benzene rings is 1. The number of nitrogens with one attached hydrogen (secondary N) is 2. The molecule has 138 valence electrons. The number of hydrogen-bond acceptors (Lipinski definition) is 4. The summed E-state index contributed by atoms with van der Waals surface area (Å²) in [6.45, 7) is 3.52. The zero-order valence-corrected chi connectivity index (χ0v) is 15.8. The lowest BCUT2D eigenvalue weighted by Gasteiger charge is -2.16. The number of carbonyl (C=O) groups is 3. The first kappa shape index (κ1) is 21.3. The summed E-state index contributed by atoms with van der Waals surface area (Å²) in [6.07, 6.45) is 0.599. The minimum absolute atomic E-state index is 0.140. The van der Waals surface area contributed by atoms with Crippen molar-refractivity contribution in [3.05, 3.63) is 29.3 Å². The number of amides is 2. The highest BCUT2D eigenvalue weighted by atomic mass is 35.5. The highest BCUT2D eigenvalue weighted by Gasteiger charge is 2.21. The van der Waals surface area contributed by atoms with Crippen LogP contribution in [0.25, 0.3) is 0 Å². The van der Waals surface area contributed by atoms with E-state index in [1.165, 1.54) is 11.8 Å². The second-order valence-corrected chi connectivity index (χ2v) is 7.52. The van der Waals surface area contributed by atoms with Crippen LogP contribution in [0.3, 0.4) is 0 Å². The number of thioether (sulfide) groups is 1. The van der Waals surface area contributed by atoms with Crippen LogP contribution in [-0.2, 0) is 14.4 Å². The van der Waals surface area contributed by atoms with Crippen LogP contribution in [0.5, 0.6) is 0 Å². The van der Waals surface area contributed by atoms with Gasteiger partial charge in [0.1, 0.15) is 6.04 Å². The maximum Gasteiger partial charge on any atom is 0.326 e. The van der Waals surface area contributed by atoms with Gasteiger partial charge in [0.15, 0.2) is 0 Å². The predicted molar refractivity (Wildman–Crippen MR) is 98.8 cm³/mol. The van der Waals surface area contributed by atoms with Gasteiger partial charge in [0.05, 0.1) is 6.54 Å². The van der Waals surface area contributed by atoms with Crippen molar-refractivity contribution in [1.29, 1.82) is 0 Å². The molecule has 6 nitrogen and oxygen atoms in total. The van der Waals surface area contributed by atoms with E-state index in [1.54, 1.807) is 12.1 Å². The SMILES string of the molecule is CC(C)C[C@H](NC(=O)CNC(=O)CCSc1ccc(Cl)cc1)C(=O)O. The monoisotopic (exact) mass is 386 g/mol. The Morgan fingerprint density at radius 2 is 1.80 bits per heavy atom. The van der Waals surface area contributed by atoms with Gasteiger partial charge < -0.3 is 15.7 Å². The van der Waals surface area contributed by atoms with Gasteiger partial charge in [-0.2, -0.15) is 0 Å². The van der Waals surface area contributed by atoms with Crippen LogP contribution in [0, 0.1) is 5.92 Å². The van der Waals surface area contributed by atoms with Gasteiger partial charge in [-0.1, -0.05) is 25.4 Å². The lowest BCUT2D eigenvalue weighted by molar-refractivity contribution is -0.142. The highest BCUT2D eigenvalue weighted by Crippen LogP contribution is 2.20. The van der Waals surface area contributed by atoms with Crippen LogP contribution in [0.2, 0.25) is 5.02 Å². The Bertz CT molecular complexity index is 593. The second kappa shape index (κ2) is 11.0. The van der Waals surface area contributed by atoms with Crippen LogP contribution in [0.15, 0.2) is 29.2 Å². The van der Waals surface area contributed by atoms with Gasteiger partial charge in [0, 0.05) is 22.1 Å². The molecular formula is C17H23ClN2O4S. The molecule has 0 fully saturated rings. The fraction of sp³-hybridized carbons (Fsp3) is 0.471. The lowest BCUT2D eigenvalue weighted by atomic mass is 10.0. The van der Waals surface area contributed by atoms with E-state index in [0.29, 0.717) is 17.2 Å². The Hall–Kier alpha value is -1.73. The van der Waals surface area contributed by atoms with E-state index in [2.05, 4.69) is 10.6 Å².